The van der Waals surface area contributed by atoms with E-state index < -0.39 is 0 Å². The second kappa shape index (κ2) is 11.4. The van der Waals surface area contributed by atoms with E-state index in [0.29, 0.717) is 13.1 Å². The Hall–Kier alpha value is -1.42. The van der Waals surface area contributed by atoms with E-state index in [9.17, 15) is 0 Å². The van der Waals surface area contributed by atoms with Crippen LogP contribution in [0.15, 0.2) is 41.5 Å². The Labute approximate surface area is 183 Å². The molecule has 6 nitrogen and oxygen atoms in total. The zero-order valence-electron chi connectivity index (χ0n) is 16.0. The van der Waals surface area contributed by atoms with E-state index in [2.05, 4.69) is 51.8 Å². The average Bonchev–Trinajstić information content (AvgIpc) is 3.10. The van der Waals surface area contributed by atoms with Crippen LogP contribution in [0.4, 0.5) is 5.69 Å². The predicted octanol–water partition coefficient (Wildman–Crippen LogP) is 2.85. The van der Waals surface area contributed by atoms with Crippen LogP contribution in [0, 0.1) is 0 Å². The van der Waals surface area contributed by atoms with E-state index in [1.165, 1.54) is 22.8 Å². The lowest BCUT2D eigenvalue weighted by molar-refractivity contribution is 0.685. The second-order valence-electron chi connectivity index (χ2n) is 6.26. The van der Waals surface area contributed by atoms with Gasteiger partial charge >= 0.3 is 0 Å². The topological polar surface area (TPSA) is 57.5 Å². The minimum atomic E-state index is 0. The van der Waals surface area contributed by atoms with Gasteiger partial charge in [0.05, 0.1) is 18.8 Å². The first-order valence-electron chi connectivity index (χ1n) is 9.17. The van der Waals surface area contributed by atoms with Crippen molar-refractivity contribution < 1.29 is 0 Å². The molecule has 0 spiro atoms. The Balaban J connectivity index is 0.00000261. The normalized spacial score (nSPS) is 14.6. The van der Waals surface area contributed by atoms with E-state index in [0.717, 1.165) is 31.3 Å². The summed E-state index contributed by atoms with van der Waals surface area (Å²) in [5.74, 6) is 3.27. The highest BCUT2D eigenvalue weighted by Crippen LogP contribution is 2.20. The van der Waals surface area contributed by atoms with E-state index in [4.69, 9.17) is 4.99 Å². The van der Waals surface area contributed by atoms with Gasteiger partial charge in [0, 0.05) is 50.1 Å². The predicted molar refractivity (Wildman–Crippen MR) is 126 cm³/mol. The number of benzene rings is 1. The molecule has 27 heavy (non-hydrogen) atoms. The maximum absolute atomic E-state index is 4.70. The van der Waals surface area contributed by atoms with Crippen LogP contribution in [0.5, 0.6) is 0 Å². The minimum Gasteiger partial charge on any atom is -0.370 e. The number of nitrogens with zero attached hydrogens (tertiary/aromatic N) is 4. The first kappa shape index (κ1) is 21.9. The van der Waals surface area contributed by atoms with Crippen molar-refractivity contribution in [2.24, 2.45) is 12.0 Å². The summed E-state index contributed by atoms with van der Waals surface area (Å²) < 4.78 is 1.87. The van der Waals surface area contributed by atoms with Gasteiger partial charge in [-0.2, -0.15) is 16.9 Å². The fourth-order valence-electron chi connectivity index (χ4n) is 2.89. The largest absolute Gasteiger partial charge is 0.370 e. The molecule has 0 amide bonds. The third-order valence-electron chi connectivity index (χ3n) is 4.44. The molecule has 1 saturated heterocycles. The van der Waals surface area contributed by atoms with Crippen molar-refractivity contribution >= 4 is 47.4 Å². The number of aromatic nitrogens is 2. The summed E-state index contributed by atoms with van der Waals surface area (Å²) in [6.45, 7) is 6.57. The summed E-state index contributed by atoms with van der Waals surface area (Å²) in [5, 5.41) is 10.9. The molecule has 0 saturated carbocycles. The van der Waals surface area contributed by atoms with Gasteiger partial charge in [-0.15, -0.1) is 24.0 Å². The van der Waals surface area contributed by atoms with Crippen LogP contribution in [-0.2, 0) is 20.1 Å². The van der Waals surface area contributed by atoms with Gasteiger partial charge in [-0.25, -0.2) is 4.99 Å². The summed E-state index contributed by atoms with van der Waals surface area (Å²) in [5.41, 5.74) is 3.66. The standard InChI is InChI=1S/C19H28N6S.HI/c1-3-20-19(22-15-18-8-9-23-24(18)2)21-14-16-4-6-17(7-5-16)25-10-12-26-13-11-25;/h4-9H,3,10-15H2,1-2H3,(H2,20,21,22);1H. The molecule has 1 fully saturated rings. The lowest BCUT2D eigenvalue weighted by atomic mass is 10.2. The van der Waals surface area contributed by atoms with Gasteiger partial charge in [-0.05, 0) is 30.7 Å². The van der Waals surface area contributed by atoms with Gasteiger partial charge in [-0.1, -0.05) is 12.1 Å². The number of thioether (sulfide) groups is 1. The molecule has 0 unspecified atom stereocenters. The molecule has 0 aliphatic carbocycles. The lowest BCUT2D eigenvalue weighted by Crippen LogP contribution is -2.37. The first-order valence-corrected chi connectivity index (χ1v) is 10.3. The maximum Gasteiger partial charge on any atom is 0.191 e. The number of aryl methyl sites for hydroxylation is 1. The molecule has 1 aromatic carbocycles. The summed E-state index contributed by atoms with van der Waals surface area (Å²) in [6.07, 6.45) is 1.81. The molecule has 1 aliphatic heterocycles. The molecule has 8 heteroatoms. The van der Waals surface area contributed by atoms with Crippen LogP contribution in [0.2, 0.25) is 0 Å². The number of rotatable bonds is 6. The van der Waals surface area contributed by atoms with Crippen molar-refractivity contribution in [1.29, 1.82) is 0 Å². The summed E-state index contributed by atoms with van der Waals surface area (Å²) >= 11 is 2.04. The van der Waals surface area contributed by atoms with Crippen molar-refractivity contribution in [2.45, 2.75) is 20.0 Å². The zero-order valence-corrected chi connectivity index (χ0v) is 19.2. The van der Waals surface area contributed by atoms with Gasteiger partial charge in [-0.3, -0.25) is 4.68 Å². The molecular formula is C19H29IN6S. The first-order chi connectivity index (χ1) is 12.8. The molecule has 1 aromatic heterocycles. The highest BCUT2D eigenvalue weighted by atomic mass is 127. The molecule has 2 heterocycles. The third kappa shape index (κ3) is 6.60. The van der Waals surface area contributed by atoms with Crippen molar-refractivity contribution in [3.63, 3.8) is 0 Å². The minimum absolute atomic E-state index is 0. The van der Waals surface area contributed by atoms with Crippen molar-refractivity contribution in [1.82, 2.24) is 20.4 Å². The zero-order chi connectivity index (χ0) is 18.2. The Kier molecular flexibility index (Phi) is 9.26. The Bertz CT molecular complexity index is 709. The number of hydrogen-bond donors (Lipinski definition) is 2. The number of nitrogens with one attached hydrogen (secondary N) is 2. The molecule has 1 aliphatic rings. The monoisotopic (exact) mass is 500 g/mol. The Morgan fingerprint density at radius 1 is 1.15 bits per heavy atom. The second-order valence-corrected chi connectivity index (χ2v) is 7.49. The quantitative estimate of drug-likeness (QED) is 0.363. The molecular weight excluding hydrogens is 471 g/mol. The van der Waals surface area contributed by atoms with Gasteiger partial charge < -0.3 is 15.5 Å². The fraction of sp³-hybridized carbons (Fsp3) is 0.474. The molecule has 2 aromatic rings. The number of hydrogen-bond acceptors (Lipinski definition) is 4. The highest BCUT2D eigenvalue weighted by Gasteiger charge is 2.10. The van der Waals surface area contributed by atoms with E-state index in [1.54, 1.807) is 0 Å². The average molecular weight is 500 g/mol. The van der Waals surface area contributed by atoms with Crippen LogP contribution in [0.3, 0.4) is 0 Å². The van der Waals surface area contributed by atoms with Crippen molar-refractivity contribution in [3.8, 4) is 0 Å². The fourth-order valence-corrected chi connectivity index (χ4v) is 3.80. The van der Waals surface area contributed by atoms with Gasteiger partial charge in [0.1, 0.15) is 0 Å². The van der Waals surface area contributed by atoms with Crippen LogP contribution >= 0.6 is 35.7 Å². The smallest absolute Gasteiger partial charge is 0.191 e. The van der Waals surface area contributed by atoms with Crippen LogP contribution in [0.25, 0.3) is 0 Å². The SMILES string of the molecule is CCNC(=NCc1ccc(N2CCSCC2)cc1)NCc1ccnn1C.I. The van der Waals surface area contributed by atoms with E-state index in [1.807, 2.05) is 35.8 Å². The molecule has 0 bridgehead atoms. The van der Waals surface area contributed by atoms with E-state index >= 15 is 0 Å². The molecule has 2 N–H and O–H groups in total. The maximum atomic E-state index is 4.70. The number of halogens is 1. The molecule has 3 rings (SSSR count). The van der Waals surface area contributed by atoms with Gasteiger partial charge in [0.2, 0.25) is 0 Å². The third-order valence-corrected chi connectivity index (χ3v) is 5.38. The Morgan fingerprint density at radius 3 is 2.52 bits per heavy atom. The molecule has 0 radical (unpaired) electrons. The summed E-state index contributed by atoms with van der Waals surface area (Å²) in [4.78, 5) is 7.16. The van der Waals surface area contributed by atoms with Gasteiger partial charge in [0.15, 0.2) is 5.96 Å². The Morgan fingerprint density at radius 2 is 1.89 bits per heavy atom. The van der Waals surface area contributed by atoms with E-state index in [-0.39, 0.29) is 24.0 Å². The van der Waals surface area contributed by atoms with Gasteiger partial charge in [0.25, 0.3) is 0 Å². The number of guanidine groups is 1. The molecule has 148 valence electrons. The van der Waals surface area contributed by atoms with Crippen molar-refractivity contribution in [2.75, 3.05) is 36.0 Å². The molecule has 0 atom stereocenters. The van der Waals surface area contributed by atoms with Crippen molar-refractivity contribution in [3.05, 3.63) is 47.8 Å². The highest BCUT2D eigenvalue weighted by molar-refractivity contribution is 14.0. The van der Waals surface area contributed by atoms with Crippen LogP contribution < -0.4 is 15.5 Å². The number of aliphatic imine (C=N–C) groups is 1. The number of anilines is 1. The summed E-state index contributed by atoms with van der Waals surface area (Å²) in [7, 11) is 1.95. The van der Waals surface area contributed by atoms with Crippen LogP contribution in [-0.4, -0.2) is 46.9 Å². The van der Waals surface area contributed by atoms with Crippen LogP contribution in [0.1, 0.15) is 18.2 Å². The summed E-state index contributed by atoms with van der Waals surface area (Å²) in [6, 6.07) is 10.8. The lowest BCUT2D eigenvalue weighted by Gasteiger charge is -2.28.